The molecule has 0 saturated carbocycles. The van der Waals surface area contributed by atoms with Gasteiger partial charge in [0.15, 0.2) is 0 Å². The fraction of sp³-hybridized carbons (Fsp3) is 0.235. The van der Waals surface area contributed by atoms with E-state index in [0.717, 1.165) is 21.5 Å². The molecular formula is C17H16N2O5S. The van der Waals surface area contributed by atoms with Crippen molar-refractivity contribution in [2.75, 3.05) is 6.61 Å². The quantitative estimate of drug-likeness (QED) is 0.689. The first-order chi connectivity index (χ1) is 12.0. The second-order valence-corrected chi connectivity index (χ2v) is 6.44. The Morgan fingerprint density at radius 3 is 2.64 bits per heavy atom. The lowest BCUT2D eigenvalue weighted by Gasteiger charge is -2.05. The highest BCUT2D eigenvalue weighted by Gasteiger charge is 2.18. The zero-order chi connectivity index (χ0) is 18.0. The standard InChI is InChI=1S/C17H16N2O5S/c1-18-15-12(14(21)19(7-8-20)17(18)23)9-13(25-15)16(22)24-10-11-5-3-2-4-6-11/h2-6,9,20H,7-8,10H2,1H3. The van der Waals surface area contributed by atoms with Crippen molar-refractivity contribution < 1.29 is 14.6 Å². The number of rotatable bonds is 5. The molecule has 0 aliphatic rings. The number of nitrogens with zero attached hydrogens (tertiary/aromatic N) is 2. The average Bonchev–Trinajstić information content (AvgIpc) is 3.08. The maximum absolute atomic E-state index is 12.4. The van der Waals surface area contributed by atoms with Crippen LogP contribution in [-0.4, -0.2) is 26.8 Å². The van der Waals surface area contributed by atoms with Crippen LogP contribution in [0.1, 0.15) is 15.2 Å². The summed E-state index contributed by atoms with van der Waals surface area (Å²) in [6.45, 7) is -0.288. The van der Waals surface area contributed by atoms with Crippen LogP contribution in [0.15, 0.2) is 46.0 Å². The van der Waals surface area contributed by atoms with Crippen molar-refractivity contribution in [3.8, 4) is 0 Å². The Morgan fingerprint density at radius 2 is 1.96 bits per heavy atom. The number of aliphatic hydroxyl groups is 1. The molecule has 0 aliphatic heterocycles. The summed E-state index contributed by atoms with van der Waals surface area (Å²) in [5, 5.41) is 9.28. The molecule has 0 radical (unpaired) electrons. The van der Waals surface area contributed by atoms with Crippen LogP contribution in [0.4, 0.5) is 0 Å². The van der Waals surface area contributed by atoms with E-state index in [9.17, 15) is 14.4 Å². The monoisotopic (exact) mass is 360 g/mol. The molecule has 2 heterocycles. The summed E-state index contributed by atoms with van der Waals surface area (Å²) >= 11 is 1.03. The fourth-order valence-electron chi connectivity index (χ4n) is 2.48. The van der Waals surface area contributed by atoms with E-state index < -0.39 is 17.2 Å². The van der Waals surface area contributed by atoms with Gasteiger partial charge in [0, 0.05) is 7.05 Å². The topological polar surface area (TPSA) is 90.5 Å². The molecule has 0 amide bonds. The molecule has 8 heteroatoms. The summed E-state index contributed by atoms with van der Waals surface area (Å²) in [6, 6.07) is 10.7. The molecule has 2 aromatic heterocycles. The normalized spacial score (nSPS) is 11.0. The first kappa shape index (κ1) is 17.1. The Labute approximate surface area is 146 Å². The maximum Gasteiger partial charge on any atom is 0.348 e. The lowest BCUT2D eigenvalue weighted by molar-refractivity contribution is 0.0478. The second-order valence-electron chi connectivity index (χ2n) is 5.41. The number of aromatic nitrogens is 2. The van der Waals surface area contributed by atoms with Gasteiger partial charge in [-0.2, -0.15) is 0 Å². The number of aliphatic hydroxyl groups excluding tert-OH is 1. The van der Waals surface area contributed by atoms with Gasteiger partial charge in [-0.15, -0.1) is 11.3 Å². The third kappa shape index (κ3) is 3.26. The number of hydrogen-bond acceptors (Lipinski definition) is 6. The van der Waals surface area contributed by atoms with E-state index in [0.29, 0.717) is 4.83 Å². The van der Waals surface area contributed by atoms with E-state index in [4.69, 9.17) is 9.84 Å². The number of ether oxygens (including phenoxy) is 1. The highest BCUT2D eigenvalue weighted by molar-refractivity contribution is 7.20. The number of aryl methyl sites for hydroxylation is 1. The molecule has 0 saturated heterocycles. The molecule has 130 valence electrons. The maximum atomic E-state index is 12.4. The summed E-state index contributed by atoms with van der Waals surface area (Å²) in [4.78, 5) is 37.5. The first-order valence-electron chi connectivity index (χ1n) is 7.58. The summed E-state index contributed by atoms with van der Waals surface area (Å²) in [6.07, 6.45) is 0. The van der Waals surface area contributed by atoms with E-state index in [1.54, 1.807) is 0 Å². The Bertz CT molecular complexity index is 1030. The van der Waals surface area contributed by atoms with Crippen LogP contribution in [0.2, 0.25) is 0 Å². The summed E-state index contributed by atoms with van der Waals surface area (Å²) in [5.74, 6) is -0.550. The van der Waals surface area contributed by atoms with Crippen molar-refractivity contribution in [1.29, 1.82) is 0 Å². The van der Waals surface area contributed by atoms with E-state index in [2.05, 4.69) is 0 Å². The van der Waals surface area contributed by atoms with Gasteiger partial charge in [-0.05, 0) is 11.6 Å². The van der Waals surface area contributed by atoms with Gasteiger partial charge in [-0.1, -0.05) is 30.3 Å². The summed E-state index contributed by atoms with van der Waals surface area (Å²) < 4.78 is 7.52. The summed E-state index contributed by atoms with van der Waals surface area (Å²) in [5.41, 5.74) is -0.197. The van der Waals surface area contributed by atoms with Gasteiger partial charge in [-0.25, -0.2) is 9.59 Å². The van der Waals surface area contributed by atoms with Crippen LogP contribution < -0.4 is 11.2 Å². The number of esters is 1. The van der Waals surface area contributed by atoms with Gasteiger partial charge in [0.1, 0.15) is 16.3 Å². The van der Waals surface area contributed by atoms with Crippen molar-refractivity contribution in [3.05, 3.63) is 67.7 Å². The average molecular weight is 360 g/mol. The molecule has 3 rings (SSSR count). The van der Waals surface area contributed by atoms with E-state index in [1.165, 1.54) is 17.7 Å². The molecule has 0 bridgehead atoms. The van der Waals surface area contributed by atoms with E-state index >= 15 is 0 Å². The molecule has 7 nitrogen and oxygen atoms in total. The van der Waals surface area contributed by atoms with Gasteiger partial charge in [-0.3, -0.25) is 13.9 Å². The van der Waals surface area contributed by atoms with Crippen LogP contribution in [0, 0.1) is 0 Å². The molecule has 0 spiro atoms. The summed E-state index contributed by atoms with van der Waals surface area (Å²) in [7, 11) is 1.52. The zero-order valence-electron chi connectivity index (χ0n) is 13.5. The van der Waals surface area contributed by atoms with Gasteiger partial charge < -0.3 is 9.84 Å². The number of hydrogen-bond donors (Lipinski definition) is 1. The Balaban J connectivity index is 1.94. The van der Waals surface area contributed by atoms with Crippen LogP contribution in [-0.2, 0) is 24.9 Å². The van der Waals surface area contributed by atoms with Crippen LogP contribution in [0.3, 0.4) is 0 Å². The van der Waals surface area contributed by atoms with Crippen molar-refractivity contribution in [1.82, 2.24) is 9.13 Å². The first-order valence-corrected chi connectivity index (χ1v) is 8.40. The molecule has 0 unspecified atom stereocenters. The molecule has 0 fully saturated rings. The van der Waals surface area contributed by atoms with E-state index in [1.807, 2.05) is 30.3 Å². The smallest absolute Gasteiger partial charge is 0.348 e. The number of fused-ring (bicyclic) bond motifs is 1. The third-order valence-electron chi connectivity index (χ3n) is 3.75. The number of thiophene rings is 1. The fourth-order valence-corrected chi connectivity index (χ4v) is 3.47. The number of carbonyl (C=O) groups excluding carboxylic acids is 1. The molecule has 1 N–H and O–H groups in total. The SMILES string of the molecule is Cn1c(=O)n(CCO)c(=O)c2cc(C(=O)OCc3ccccc3)sc21. The molecule has 3 aromatic rings. The predicted molar refractivity (Wildman–Crippen MR) is 94.0 cm³/mol. The van der Waals surface area contributed by atoms with Crippen LogP contribution >= 0.6 is 11.3 Å². The van der Waals surface area contributed by atoms with Crippen LogP contribution in [0.5, 0.6) is 0 Å². The molecule has 0 aliphatic carbocycles. The van der Waals surface area contributed by atoms with Crippen LogP contribution in [0.25, 0.3) is 10.2 Å². The number of benzene rings is 1. The predicted octanol–water partition coefficient (Wildman–Crippen LogP) is 1.11. The zero-order valence-corrected chi connectivity index (χ0v) is 14.3. The van der Waals surface area contributed by atoms with E-state index in [-0.39, 0.29) is 30.0 Å². The highest BCUT2D eigenvalue weighted by atomic mass is 32.1. The Hall–Kier alpha value is -2.71. The van der Waals surface area contributed by atoms with Gasteiger partial charge in [0.25, 0.3) is 5.56 Å². The molecule has 25 heavy (non-hydrogen) atoms. The van der Waals surface area contributed by atoms with Gasteiger partial charge >= 0.3 is 11.7 Å². The number of carbonyl (C=O) groups is 1. The van der Waals surface area contributed by atoms with Crippen molar-refractivity contribution in [3.63, 3.8) is 0 Å². The molecule has 1 aromatic carbocycles. The highest BCUT2D eigenvalue weighted by Crippen LogP contribution is 2.22. The lowest BCUT2D eigenvalue weighted by Crippen LogP contribution is -2.39. The Morgan fingerprint density at radius 1 is 1.24 bits per heavy atom. The second kappa shape index (κ2) is 7.04. The minimum absolute atomic E-state index is 0.0922. The minimum Gasteiger partial charge on any atom is -0.457 e. The van der Waals surface area contributed by atoms with Crippen molar-refractivity contribution in [2.45, 2.75) is 13.2 Å². The van der Waals surface area contributed by atoms with Gasteiger partial charge in [0.2, 0.25) is 0 Å². The molecule has 0 atom stereocenters. The van der Waals surface area contributed by atoms with Crippen molar-refractivity contribution >= 4 is 27.5 Å². The Kier molecular flexibility index (Phi) is 4.82. The van der Waals surface area contributed by atoms with Gasteiger partial charge in [0.05, 0.1) is 18.5 Å². The molecular weight excluding hydrogens is 344 g/mol. The minimum atomic E-state index is -0.550. The third-order valence-corrected chi connectivity index (χ3v) is 4.94. The lowest BCUT2D eigenvalue weighted by atomic mass is 10.2. The largest absolute Gasteiger partial charge is 0.457 e. The van der Waals surface area contributed by atoms with Crippen molar-refractivity contribution in [2.24, 2.45) is 7.05 Å².